The number of carbonyl (C=O) groups excluding carboxylic acids is 1. The predicted molar refractivity (Wildman–Crippen MR) is 78.3 cm³/mol. The maximum Gasteiger partial charge on any atom is 0.251 e. The fourth-order valence-electron chi connectivity index (χ4n) is 1.89. The van der Waals surface area contributed by atoms with E-state index in [1.165, 1.54) is 0 Å². The van der Waals surface area contributed by atoms with E-state index in [0.29, 0.717) is 5.56 Å². The molecule has 0 aliphatic carbocycles. The van der Waals surface area contributed by atoms with Gasteiger partial charge in [0.05, 0.1) is 6.04 Å². The highest BCUT2D eigenvalue weighted by Crippen LogP contribution is 2.13. The van der Waals surface area contributed by atoms with Gasteiger partial charge in [0.2, 0.25) is 0 Å². The van der Waals surface area contributed by atoms with Crippen molar-refractivity contribution in [3.63, 3.8) is 0 Å². The molecular weight excluding hydrogens is 236 g/mol. The number of carbonyl (C=O) groups is 1. The van der Waals surface area contributed by atoms with Crippen molar-refractivity contribution in [2.75, 3.05) is 12.4 Å². The Labute approximate surface area is 113 Å². The minimum atomic E-state index is -0.0565. The van der Waals surface area contributed by atoms with Crippen LogP contribution in [-0.4, -0.2) is 13.0 Å². The lowest BCUT2D eigenvalue weighted by molar-refractivity contribution is 0.0940. The van der Waals surface area contributed by atoms with Gasteiger partial charge in [-0.25, -0.2) is 0 Å². The minimum Gasteiger partial charge on any atom is -0.388 e. The lowest BCUT2D eigenvalue weighted by atomic mass is 10.1. The molecule has 2 N–H and O–H groups in total. The minimum absolute atomic E-state index is 0.00215. The molecule has 3 heteroatoms. The van der Waals surface area contributed by atoms with Crippen molar-refractivity contribution in [1.82, 2.24) is 5.32 Å². The Morgan fingerprint density at radius 3 is 2.21 bits per heavy atom. The monoisotopic (exact) mass is 254 g/mol. The van der Waals surface area contributed by atoms with E-state index >= 15 is 0 Å². The third-order valence-electron chi connectivity index (χ3n) is 3.08. The number of hydrogen-bond acceptors (Lipinski definition) is 2. The lowest BCUT2D eigenvalue weighted by Gasteiger charge is -2.14. The summed E-state index contributed by atoms with van der Waals surface area (Å²) < 4.78 is 0. The summed E-state index contributed by atoms with van der Waals surface area (Å²) in [6.45, 7) is 1.98. The Hall–Kier alpha value is -2.29. The van der Waals surface area contributed by atoms with E-state index in [-0.39, 0.29) is 11.9 Å². The second-order valence-electron chi connectivity index (χ2n) is 4.43. The van der Waals surface area contributed by atoms with Crippen LogP contribution in [0.5, 0.6) is 0 Å². The highest BCUT2D eigenvalue weighted by molar-refractivity contribution is 5.94. The Kier molecular flexibility index (Phi) is 4.18. The second-order valence-corrected chi connectivity index (χ2v) is 4.43. The molecule has 98 valence electrons. The van der Waals surface area contributed by atoms with Crippen molar-refractivity contribution in [3.05, 3.63) is 65.7 Å². The molecule has 0 aromatic heterocycles. The zero-order chi connectivity index (χ0) is 13.7. The van der Waals surface area contributed by atoms with E-state index in [1.807, 2.05) is 68.6 Å². The third-order valence-corrected chi connectivity index (χ3v) is 3.08. The maximum absolute atomic E-state index is 12.1. The highest BCUT2D eigenvalue weighted by Gasteiger charge is 2.10. The molecule has 1 amide bonds. The predicted octanol–water partition coefficient (Wildman–Crippen LogP) is 3.22. The Bertz CT molecular complexity index is 534. The molecule has 0 spiro atoms. The van der Waals surface area contributed by atoms with Gasteiger partial charge in [-0.15, -0.1) is 0 Å². The average molecular weight is 254 g/mol. The van der Waals surface area contributed by atoms with E-state index in [1.54, 1.807) is 0 Å². The number of amides is 1. The Balaban J connectivity index is 2.04. The zero-order valence-corrected chi connectivity index (χ0v) is 11.2. The number of hydrogen-bond donors (Lipinski definition) is 2. The van der Waals surface area contributed by atoms with Crippen LogP contribution in [0.25, 0.3) is 0 Å². The first kappa shape index (κ1) is 13.1. The molecular formula is C16H18N2O. The Morgan fingerprint density at radius 2 is 1.63 bits per heavy atom. The van der Waals surface area contributed by atoms with Crippen LogP contribution >= 0.6 is 0 Å². The van der Waals surface area contributed by atoms with Crippen LogP contribution in [0.4, 0.5) is 5.69 Å². The van der Waals surface area contributed by atoms with Gasteiger partial charge in [0, 0.05) is 18.3 Å². The maximum atomic E-state index is 12.1. The largest absolute Gasteiger partial charge is 0.388 e. The molecule has 1 atom stereocenters. The van der Waals surface area contributed by atoms with Crippen LogP contribution in [0.3, 0.4) is 0 Å². The van der Waals surface area contributed by atoms with Gasteiger partial charge in [-0.2, -0.15) is 0 Å². The first-order valence-corrected chi connectivity index (χ1v) is 6.34. The molecule has 0 fully saturated rings. The Morgan fingerprint density at radius 1 is 1.00 bits per heavy atom. The van der Waals surface area contributed by atoms with E-state index < -0.39 is 0 Å². The van der Waals surface area contributed by atoms with E-state index in [0.717, 1.165) is 11.3 Å². The topological polar surface area (TPSA) is 41.1 Å². The number of nitrogens with one attached hydrogen (secondary N) is 2. The molecule has 0 saturated heterocycles. The van der Waals surface area contributed by atoms with Crippen molar-refractivity contribution < 1.29 is 4.79 Å². The summed E-state index contributed by atoms with van der Waals surface area (Å²) in [6, 6.07) is 17.3. The summed E-state index contributed by atoms with van der Waals surface area (Å²) >= 11 is 0. The lowest BCUT2D eigenvalue weighted by Crippen LogP contribution is -2.26. The molecule has 3 nitrogen and oxygen atoms in total. The van der Waals surface area contributed by atoms with Crippen LogP contribution in [0.1, 0.15) is 28.9 Å². The van der Waals surface area contributed by atoms with Gasteiger partial charge in [-0.05, 0) is 36.8 Å². The summed E-state index contributed by atoms with van der Waals surface area (Å²) in [5.41, 5.74) is 2.76. The van der Waals surface area contributed by atoms with Crippen LogP contribution in [-0.2, 0) is 0 Å². The van der Waals surface area contributed by atoms with Crippen LogP contribution in [0, 0.1) is 0 Å². The quantitative estimate of drug-likeness (QED) is 0.879. The number of anilines is 1. The first-order chi connectivity index (χ1) is 9.20. The molecule has 2 aromatic carbocycles. The van der Waals surface area contributed by atoms with Crippen molar-refractivity contribution in [2.45, 2.75) is 13.0 Å². The van der Waals surface area contributed by atoms with Gasteiger partial charge in [-0.1, -0.05) is 30.3 Å². The molecule has 19 heavy (non-hydrogen) atoms. The molecule has 0 aliphatic rings. The van der Waals surface area contributed by atoms with Gasteiger partial charge in [0.1, 0.15) is 0 Å². The molecule has 0 bridgehead atoms. The van der Waals surface area contributed by atoms with Crippen LogP contribution < -0.4 is 10.6 Å². The summed E-state index contributed by atoms with van der Waals surface area (Å²) in [5, 5.41) is 6.02. The SMILES string of the molecule is CNc1ccc(C(=O)NC(C)c2ccccc2)cc1. The number of benzene rings is 2. The molecule has 0 radical (unpaired) electrons. The molecule has 0 heterocycles. The molecule has 1 unspecified atom stereocenters. The first-order valence-electron chi connectivity index (χ1n) is 6.34. The van der Waals surface area contributed by atoms with Gasteiger partial charge >= 0.3 is 0 Å². The van der Waals surface area contributed by atoms with Gasteiger partial charge in [0.25, 0.3) is 5.91 Å². The van der Waals surface area contributed by atoms with Crippen LogP contribution in [0.15, 0.2) is 54.6 Å². The third kappa shape index (κ3) is 3.35. The zero-order valence-electron chi connectivity index (χ0n) is 11.2. The highest BCUT2D eigenvalue weighted by atomic mass is 16.1. The van der Waals surface area contributed by atoms with Crippen molar-refractivity contribution in [1.29, 1.82) is 0 Å². The summed E-state index contributed by atoms with van der Waals surface area (Å²) in [7, 11) is 1.85. The molecule has 2 rings (SSSR count). The van der Waals surface area contributed by atoms with E-state index in [4.69, 9.17) is 0 Å². The average Bonchev–Trinajstić information content (AvgIpc) is 2.48. The summed E-state index contributed by atoms with van der Waals surface area (Å²) in [4.78, 5) is 12.1. The van der Waals surface area contributed by atoms with Gasteiger partial charge in [0.15, 0.2) is 0 Å². The van der Waals surface area contributed by atoms with Crippen molar-refractivity contribution >= 4 is 11.6 Å². The van der Waals surface area contributed by atoms with Crippen molar-refractivity contribution in [2.24, 2.45) is 0 Å². The van der Waals surface area contributed by atoms with E-state index in [2.05, 4.69) is 10.6 Å². The van der Waals surface area contributed by atoms with Crippen molar-refractivity contribution in [3.8, 4) is 0 Å². The fourth-order valence-corrected chi connectivity index (χ4v) is 1.89. The second kappa shape index (κ2) is 6.05. The van der Waals surface area contributed by atoms with E-state index in [9.17, 15) is 4.79 Å². The van der Waals surface area contributed by atoms with Gasteiger partial charge < -0.3 is 10.6 Å². The smallest absolute Gasteiger partial charge is 0.251 e. The molecule has 0 aliphatic heterocycles. The standard InChI is InChI=1S/C16H18N2O/c1-12(13-6-4-3-5-7-13)18-16(19)14-8-10-15(17-2)11-9-14/h3-12,17H,1-2H3,(H,18,19). The molecule has 0 saturated carbocycles. The normalized spacial score (nSPS) is 11.7. The molecule has 2 aromatic rings. The summed E-state index contributed by atoms with van der Waals surface area (Å²) in [5.74, 6) is -0.0565. The van der Waals surface area contributed by atoms with Gasteiger partial charge in [-0.3, -0.25) is 4.79 Å². The fraction of sp³-hybridized carbons (Fsp3) is 0.188. The van der Waals surface area contributed by atoms with Crippen LogP contribution in [0.2, 0.25) is 0 Å². The summed E-state index contributed by atoms with van der Waals surface area (Å²) in [6.07, 6.45) is 0. The number of rotatable bonds is 4.